The number of methoxy groups -OCH3 is 1. The topological polar surface area (TPSA) is 43.6 Å². The molecule has 0 unspecified atom stereocenters. The second-order valence-corrected chi connectivity index (χ2v) is 4.10. The first-order valence-electron chi connectivity index (χ1n) is 5.92. The summed E-state index contributed by atoms with van der Waals surface area (Å²) in [5, 5.41) is 0. The van der Waals surface area contributed by atoms with Crippen LogP contribution in [-0.2, 0) is 4.74 Å². The molecule has 0 fully saturated rings. The highest BCUT2D eigenvalue weighted by Gasteiger charge is 2.20. The molecule has 2 heterocycles. The van der Waals surface area contributed by atoms with Gasteiger partial charge >= 0.3 is 5.97 Å². The lowest BCUT2D eigenvalue weighted by Crippen LogP contribution is -2.04. The molecular weight excluding hydrogens is 240 g/mol. The third-order valence-corrected chi connectivity index (χ3v) is 2.96. The number of aromatic nitrogens is 2. The van der Waals surface area contributed by atoms with E-state index in [1.165, 1.54) is 7.11 Å². The number of hydrogen-bond donors (Lipinski definition) is 0. The minimum atomic E-state index is -0.428. The third kappa shape index (κ3) is 1.87. The van der Waals surface area contributed by atoms with Crippen LogP contribution >= 0.6 is 0 Å². The van der Waals surface area contributed by atoms with Crippen molar-refractivity contribution in [3.8, 4) is 11.3 Å². The van der Waals surface area contributed by atoms with Crippen LogP contribution in [0.1, 0.15) is 10.5 Å². The van der Waals surface area contributed by atoms with E-state index >= 15 is 0 Å². The normalized spacial score (nSPS) is 10.6. The van der Waals surface area contributed by atoms with E-state index in [0.29, 0.717) is 5.69 Å². The van der Waals surface area contributed by atoms with Gasteiger partial charge in [0.2, 0.25) is 0 Å². The van der Waals surface area contributed by atoms with Gasteiger partial charge in [-0.15, -0.1) is 0 Å². The molecule has 0 atom stereocenters. The predicted octanol–water partition coefficient (Wildman–Crippen LogP) is 2.79. The number of esters is 1. The van der Waals surface area contributed by atoms with Crippen LogP contribution in [0.4, 0.5) is 0 Å². The Morgan fingerprint density at radius 3 is 2.58 bits per heavy atom. The number of nitrogens with zero attached hydrogens (tertiary/aromatic N) is 2. The fourth-order valence-corrected chi connectivity index (χ4v) is 2.11. The number of rotatable bonds is 2. The third-order valence-electron chi connectivity index (χ3n) is 2.96. The van der Waals surface area contributed by atoms with Gasteiger partial charge in [0.1, 0.15) is 5.65 Å². The summed E-state index contributed by atoms with van der Waals surface area (Å²) in [6.07, 6.45) is 1.89. The number of benzene rings is 1. The largest absolute Gasteiger partial charge is 0.464 e. The van der Waals surface area contributed by atoms with Crippen LogP contribution in [0.5, 0.6) is 0 Å². The molecule has 0 amide bonds. The molecule has 4 nitrogen and oxygen atoms in total. The zero-order valence-electron chi connectivity index (χ0n) is 10.4. The Morgan fingerprint density at radius 2 is 1.84 bits per heavy atom. The van der Waals surface area contributed by atoms with Crippen molar-refractivity contribution in [3.05, 3.63) is 60.4 Å². The molecule has 3 rings (SSSR count). The lowest BCUT2D eigenvalue weighted by molar-refractivity contribution is 0.0596. The van der Waals surface area contributed by atoms with Gasteiger partial charge < -0.3 is 4.74 Å². The number of fused-ring (bicyclic) bond motifs is 1. The van der Waals surface area contributed by atoms with Crippen LogP contribution in [0.3, 0.4) is 0 Å². The molecule has 0 aliphatic carbocycles. The molecule has 19 heavy (non-hydrogen) atoms. The van der Waals surface area contributed by atoms with E-state index in [9.17, 15) is 4.79 Å². The summed E-state index contributed by atoms with van der Waals surface area (Å²) in [4.78, 5) is 16.2. The summed E-state index contributed by atoms with van der Waals surface area (Å²) in [5.41, 5.74) is 2.74. The van der Waals surface area contributed by atoms with Crippen molar-refractivity contribution in [2.75, 3.05) is 7.11 Å². The average Bonchev–Trinajstić information content (AvgIpc) is 2.86. The standard InChI is InChI=1S/C15H12N2O2/c1-19-15(18)13-14(11-7-3-2-4-8-11)17-10-6-5-9-12(17)16-13/h2-10H,1H3. The Labute approximate surface area is 110 Å². The second kappa shape index (κ2) is 4.57. The molecule has 0 aliphatic heterocycles. The zero-order valence-corrected chi connectivity index (χ0v) is 10.4. The maximum Gasteiger partial charge on any atom is 0.358 e. The van der Waals surface area contributed by atoms with E-state index < -0.39 is 5.97 Å². The minimum Gasteiger partial charge on any atom is -0.464 e. The Kier molecular flexibility index (Phi) is 2.76. The van der Waals surface area contributed by atoms with Crippen molar-refractivity contribution in [2.24, 2.45) is 0 Å². The molecule has 0 bridgehead atoms. The maximum atomic E-state index is 11.9. The molecule has 4 heteroatoms. The number of imidazole rings is 1. The Morgan fingerprint density at radius 1 is 1.11 bits per heavy atom. The van der Waals surface area contributed by atoms with Gasteiger partial charge in [0.15, 0.2) is 5.69 Å². The summed E-state index contributed by atoms with van der Waals surface area (Å²) in [7, 11) is 1.36. The number of carbonyl (C=O) groups is 1. The maximum absolute atomic E-state index is 11.9. The molecule has 1 aromatic carbocycles. The summed E-state index contributed by atoms with van der Waals surface area (Å²) < 4.78 is 6.70. The predicted molar refractivity (Wildman–Crippen MR) is 72.0 cm³/mol. The van der Waals surface area contributed by atoms with Gasteiger partial charge in [0.25, 0.3) is 0 Å². The lowest BCUT2D eigenvalue weighted by atomic mass is 10.1. The monoisotopic (exact) mass is 252 g/mol. The molecule has 0 spiro atoms. The van der Waals surface area contributed by atoms with Gasteiger partial charge in [0.05, 0.1) is 12.8 Å². The molecule has 0 aliphatic rings. The highest BCUT2D eigenvalue weighted by Crippen LogP contribution is 2.25. The van der Waals surface area contributed by atoms with Crippen molar-refractivity contribution in [1.82, 2.24) is 9.38 Å². The molecule has 0 saturated carbocycles. The van der Waals surface area contributed by atoms with E-state index in [1.807, 2.05) is 59.1 Å². The molecule has 0 radical (unpaired) electrons. The highest BCUT2D eigenvalue weighted by atomic mass is 16.5. The molecule has 3 aromatic rings. The van der Waals surface area contributed by atoms with E-state index in [0.717, 1.165) is 16.9 Å². The summed E-state index contributed by atoms with van der Waals surface area (Å²) >= 11 is 0. The van der Waals surface area contributed by atoms with Crippen molar-refractivity contribution < 1.29 is 9.53 Å². The van der Waals surface area contributed by atoms with Crippen LogP contribution in [0.25, 0.3) is 16.9 Å². The molecule has 94 valence electrons. The Balaban J connectivity index is 2.34. The number of carbonyl (C=O) groups excluding carboxylic acids is 1. The van der Waals surface area contributed by atoms with E-state index in [2.05, 4.69) is 4.98 Å². The van der Waals surface area contributed by atoms with E-state index in [4.69, 9.17) is 4.74 Å². The molecule has 0 N–H and O–H groups in total. The average molecular weight is 252 g/mol. The fourth-order valence-electron chi connectivity index (χ4n) is 2.11. The van der Waals surface area contributed by atoms with Gasteiger partial charge in [-0.25, -0.2) is 9.78 Å². The first-order chi connectivity index (χ1) is 9.31. The SMILES string of the molecule is COC(=O)c1nc2ccccn2c1-c1ccccc1. The highest BCUT2D eigenvalue weighted by molar-refractivity contribution is 5.95. The number of ether oxygens (including phenoxy) is 1. The van der Waals surface area contributed by atoms with E-state index in [1.54, 1.807) is 0 Å². The fraction of sp³-hybridized carbons (Fsp3) is 0.0667. The van der Waals surface area contributed by atoms with Crippen LogP contribution in [0.15, 0.2) is 54.7 Å². The minimum absolute atomic E-state index is 0.333. The van der Waals surface area contributed by atoms with Gasteiger partial charge in [-0.2, -0.15) is 0 Å². The van der Waals surface area contributed by atoms with Crippen molar-refractivity contribution in [1.29, 1.82) is 0 Å². The summed E-state index contributed by atoms with van der Waals surface area (Å²) in [6, 6.07) is 15.3. The molecule has 2 aromatic heterocycles. The van der Waals surface area contributed by atoms with Gasteiger partial charge in [0, 0.05) is 11.8 Å². The quantitative estimate of drug-likeness (QED) is 0.659. The van der Waals surface area contributed by atoms with Crippen molar-refractivity contribution in [2.45, 2.75) is 0 Å². The summed E-state index contributed by atoms with van der Waals surface area (Å²) in [6.45, 7) is 0. The van der Waals surface area contributed by atoms with E-state index in [-0.39, 0.29) is 0 Å². The lowest BCUT2D eigenvalue weighted by Gasteiger charge is -2.03. The van der Waals surface area contributed by atoms with Gasteiger partial charge in [-0.05, 0) is 12.1 Å². The van der Waals surface area contributed by atoms with Gasteiger partial charge in [-0.3, -0.25) is 4.40 Å². The Bertz CT molecular complexity index is 732. The summed E-state index contributed by atoms with van der Waals surface area (Å²) in [5.74, 6) is -0.428. The van der Waals surface area contributed by atoms with Crippen LogP contribution in [0, 0.1) is 0 Å². The van der Waals surface area contributed by atoms with Crippen molar-refractivity contribution in [3.63, 3.8) is 0 Å². The molecular formula is C15H12N2O2. The smallest absolute Gasteiger partial charge is 0.358 e. The van der Waals surface area contributed by atoms with Crippen molar-refractivity contribution >= 4 is 11.6 Å². The zero-order chi connectivity index (χ0) is 13.2. The van der Waals surface area contributed by atoms with Crippen LogP contribution in [0.2, 0.25) is 0 Å². The number of hydrogen-bond acceptors (Lipinski definition) is 3. The number of pyridine rings is 1. The first-order valence-corrected chi connectivity index (χ1v) is 5.92. The van der Waals surface area contributed by atoms with Crippen LogP contribution in [-0.4, -0.2) is 22.5 Å². The van der Waals surface area contributed by atoms with Crippen LogP contribution < -0.4 is 0 Å². The second-order valence-electron chi connectivity index (χ2n) is 4.10. The first kappa shape index (κ1) is 11.5. The Hall–Kier alpha value is -2.62. The van der Waals surface area contributed by atoms with Gasteiger partial charge in [-0.1, -0.05) is 36.4 Å². The molecule has 0 saturated heterocycles.